The molecule has 1 fully saturated rings. The van der Waals surface area contributed by atoms with Crippen molar-refractivity contribution in [1.82, 2.24) is 0 Å². The van der Waals surface area contributed by atoms with Crippen molar-refractivity contribution >= 4 is 0 Å². The Morgan fingerprint density at radius 3 is 2.72 bits per heavy atom. The fraction of sp³-hybridized carbons (Fsp3) is 0.600. The van der Waals surface area contributed by atoms with Crippen LogP contribution in [0.5, 0.6) is 5.75 Å². The standard InChI is InChI=1S/C15H21FO2/c1-11(2)9-12-3-4-13(16)10-15(12)18-14-5-7-17-8-6-14/h3-4,10-11,14H,5-9H2,1-2H3. The van der Waals surface area contributed by atoms with Crippen LogP contribution < -0.4 is 4.74 Å². The first-order valence-electron chi connectivity index (χ1n) is 6.68. The lowest BCUT2D eigenvalue weighted by molar-refractivity contribution is 0.0250. The van der Waals surface area contributed by atoms with Gasteiger partial charge in [-0.1, -0.05) is 19.9 Å². The first-order chi connectivity index (χ1) is 8.65. The van der Waals surface area contributed by atoms with Crippen LogP contribution in [-0.2, 0) is 11.2 Å². The molecule has 1 saturated heterocycles. The summed E-state index contributed by atoms with van der Waals surface area (Å²) in [6, 6.07) is 4.85. The molecule has 18 heavy (non-hydrogen) atoms. The summed E-state index contributed by atoms with van der Waals surface area (Å²) < 4.78 is 24.6. The first kappa shape index (κ1) is 13.3. The molecule has 0 saturated carbocycles. The van der Waals surface area contributed by atoms with E-state index in [1.807, 2.05) is 6.07 Å². The summed E-state index contributed by atoms with van der Waals surface area (Å²) in [7, 11) is 0. The Morgan fingerprint density at radius 2 is 2.06 bits per heavy atom. The van der Waals surface area contributed by atoms with Crippen molar-refractivity contribution < 1.29 is 13.9 Å². The molecule has 0 unspecified atom stereocenters. The van der Waals surface area contributed by atoms with E-state index in [4.69, 9.17) is 9.47 Å². The Bertz CT molecular complexity index is 384. The Hall–Kier alpha value is -1.09. The van der Waals surface area contributed by atoms with Crippen molar-refractivity contribution in [2.45, 2.75) is 39.2 Å². The maximum atomic E-state index is 13.3. The molecule has 0 spiro atoms. The molecule has 0 amide bonds. The van der Waals surface area contributed by atoms with Crippen LogP contribution in [-0.4, -0.2) is 19.3 Å². The van der Waals surface area contributed by atoms with Crippen molar-refractivity contribution in [3.05, 3.63) is 29.6 Å². The second kappa shape index (κ2) is 6.19. The largest absolute Gasteiger partial charge is 0.490 e. The molecule has 1 aromatic carbocycles. The zero-order valence-electron chi connectivity index (χ0n) is 11.1. The summed E-state index contributed by atoms with van der Waals surface area (Å²) in [5.41, 5.74) is 1.10. The van der Waals surface area contributed by atoms with Crippen LogP contribution in [0.15, 0.2) is 18.2 Å². The normalized spacial score (nSPS) is 17.1. The van der Waals surface area contributed by atoms with Gasteiger partial charge in [-0.15, -0.1) is 0 Å². The van der Waals surface area contributed by atoms with E-state index in [0.717, 1.165) is 38.0 Å². The van der Waals surface area contributed by atoms with Crippen molar-refractivity contribution in [2.24, 2.45) is 5.92 Å². The minimum absolute atomic E-state index is 0.159. The molecular weight excluding hydrogens is 231 g/mol. The van der Waals surface area contributed by atoms with Crippen molar-refractivity contribution in [1.29, 1.82) is 0 Å². The average molecular weight is 252 g/mol. The molecule has 0 aliphatic carbocycles. The summed E-state index contributed by atoms with van der Waals surface area (Å²) in [5, 5.41) is 0. The zero-order chi connectivity index (χ0) is 13.0. The zero-order valence-corrected chi connectivity index (χ0v) is 11.1. The lowest BCUT2D eigenvalue weighted by atomic mass is 10.0. The van der Waals surface area contributed by atoms with Crippen LogP contribution in [0, 0.1) is 11.7 Å². The average Bonchev–Trinajstić information content (AvgIpc) is 2.33. The predicted molar refractivity (Wildman–Crippen MR) is 69.4 cm³/mol. The van der Waals surface area contributed by atoms with Crippen molar-refractivity contribution in [2.75, 3.05) is 13.2 Å². The molecule has 0 N–H and O–H groups in total. The highest BCUT2D eigenvalue weighted by Gasteiger charge is 2.17. The Labute approximate surface area is 108 Å². The molecule has 1 heterocycles. The van der Waals surface area contributed by atoms with Gasteiger partial charge < -0.3 is 9.47 Å². The van der Waals surface area contributed by atoms with Crippen molar-refractivity contribution in [3.63, 3.8) is 0 Å². The summed E-state index contributed by atoms with van der Waals surface area (Å²) >= 11 is 0. The third kappa shape index (κ3) is 3.70. The molecule has 0 radical (unpaired) electrons. The fourth-order valence-corrected chi connectivity index (χ4v) is 2.22. The minimum Gasteiger partial charge on any atom is -0.490 e. The van der Waals surface area contributed by atoms with Gasteiger partial charge in [-0.05, 0) is 24.0 Å². The van der Waals surface area contributed by atoms with Gasteiger partial charge in [0, 0.05) is 18.9 Å². The number of hydrogen-bond acceptors (Lipinski definition) is 2. The Morgan fingerprint density at radius 1 is 1.33 bits per heavy atom. The van der Waals surface area contributed by atoms with E-state index in [-0.39, 0.29) is 11.9 Å². The third-order valence-electron chi connectivity index (χ3n) is 3.12. The maximum Gasteiger partial charge on any atom is 0.126 e. The molecule has 0 bridgehead atoms. The quantitative estimate of drug-likeness (QED) is 0.815. The highest BCUT2D eigenvalue weighted by Crippen LogP contribution is 2.26. The van der Waals surface area contributed by atoms with Gasteiger partial charge >= 0.3 is 0 Å². The van der Waals surface area contributed by atoms with Gasteiger partial charge in [-0.25, -0.2) is 4.39 Å². The molecule has 0 aromatic heterocycles. The second-order valence-corrected chi connectivity index (χ2v) is 5.28. The minimum atomic E-state index is -0.232. The molecule has 1 aromatic rings. The molecule has 3 heteroatoms. The van der Waals surface area contributed by atoms with E-state index < -0.39 is 0 Å². The first-order valence-corrected chi connectivity index (χ1v) is 6.68. The molecule has 1 aliphatic rings. The molecular formula is C15H21FO2. The Kier molecular flexibility index (Phi) is 4.59. The van der Waals surface area contributed by atoms with E-state index in [2.05, 4.69) is 13.8 Å². The Balaban J connectivity index is 2.10. The van der Waals surface area contributed by atoms with Crippen LogP contribution in [0.25, 0.3) is 0 Å². The number of rotatable bonds is 4. The van der Waals surface area contributed by atoms with Gasteiger partial charge in [0.05, 0.1) is 13.2 Å². The fourth-order valence-electron chi connectivity index (χ4n) is 2.22. The van der Waals surface area contributed by atoms with Crippen LogP contribution in [0.1, 0.15) is 32.3 Å². The van der Waals surface area contributed by atoms with E-state index in [0.29, 0.717) is 11.7 Å². The smallest absolute Gasteiger partial charge is 0.126 e. The topological polar surface area (TPSA) is 18.5 Å². The third-order valence-corrected chi connectivity index (χ3v) is 3.12. The van der Waals surface area contributed by atoms with Crippen molar-refractivity contribution in [3.8, 4) is 5.75 Å². The lowest BCUT2D eigenvalue weighted by Crippen LogP contribution is -2.26. The predicted octanol–water partition coefficient (Wildman–Crippen LogP) is 3.58. The van der Waals surface area contributed by atoms with Gasteiger partial charge in [0.15, 0.2) is 0 Å². The highest BCUT2D eigenvalue weighted by atomic mass is 19.1. The number of halogens is 1. The van der Waals surface area contributed by atoms with Crippen LogP contribution in [0.3, 0.4) is 0 Å². The number of hydrogen-bond donors (Lipinski definition) is 0. The van der Waals surface area contributed by atoms with Crippen LogP contribution in [0.2, 0.25) is 0 Å². The SMILES string of the molecule is CC(C)Cc1ccc(F)cc1OC1CCOCC1. The summed E-state index contributed by atoms with van der Waals surface area (Å²) in [6.45, 7) is 5.78. The highest BCUT2D eigenvalue weighted by molar-refractivity contribution is 5.34. The van der Waals surface area contributed by atoms with Gasteiger partial charge in [0.25, 0.3) is 0 Å². The van der Waals surface area contributed by atoms with Crippen LogP contribution >= 0.6 is 0 Å². The molecule has 0 atom stereocenters. The molecule has 100 valence electrons. The van der Waals surface area contributed by atoms with Gasteiger partial charge in [0.2, 0.25) is 0 Å². The summed E-state index contributed by atoms with van der Waals surface area (Å²) in [6.07, 6.45) is 2.85. The van der Waals surface area contributed by atoms with Gasteiger partial charge in [-0.2, -0.15) is 0 Å². The lowest BCUT2D eigenvalue weighted by Gasteiger charge is -2.25. The number of ether oxygens (including phenoxy) is 2. The summed E-state index contributed by atoms with van der Waals surface area (Å²) in [4.78, 5) is 0. The molecule has 2 rings (SSSR count). The summed E-state index contributed by atoms with van der Waals surface area (Å²) in [5.74, 6) is 1.01. The van der Waals surface area contributed by atoms with Crippen LogP contribution in [0.4, 0.5) is 4.39 Å². The molecule has 1 aliphatic heterocycles. The second-order valence-electron chi connectivity index (χ2n) is 5.28. The maximum absolute atomic E-state index is 13.3. The van der Waals surface area contributed by atoms with E-state index >= 15 is 0 Å². The van der Waals surface area contributed by atoms with E-state index in [1.165, 1.54) is 12.1 Å². The molecule has 2 nitrogen and oxygen atoms in total. The van der Waals surface area contributed by atoms with E-state index in [1.54, 1.807) is 0 Å². The van der Waals surface area contributed by atoms with Gasteiger partial charge in [0.1, 0.15) is 17.7 Å². The number of benzene rings is 1. The monoisotopic (exact) mass is 252 g/mol. The van der Waals surface area contributed by atoms with Gasteiger partial charge in [-0.3, -0.25) is 0 Å². The van der Waals surface area contributed by atoms with E-state index in [9.17, 15) is 4.39 Å².